The summed E-state index contributed by atoms with van der Waals surface area (Å²) in [6, 6.07) is 0. The van der Waals surface area contributed by atoms with Crippen LogP contribution in [-0.4, -0.2) is 17.0 Å². The molecule has 15 heavy (non-hydrogen) atoms. The van der Waals surface area contributed by atoms with E-state index in [-0.39, 0.29) is 17.3 Å². The van der Waals surface area contributed by atoms with E-state index >= 15 is 0 Å². The molecule has 0 aromatic heterocycles. The first-order chi connectivity index (χ1) is 7.05. The average Bonchev–Trinajstić information content (AvgIpc) is 2.35. The van der Waals surface area contributed by atoms with Crippen molar-refractivity contribution in [2.75, 3.05) is 0 Å². The molecular weight excluding hydrogens is 188 g/mol. The Kier molecular flexibility index (Phi) is 2.72. The van der Waals surface area contributed by atoms with Gasteiger partial charge in [-0.25, -0.2) is 0 Å². The topological polar surface area (TPSA) is 37.3 Å². The molecule has 0 aromatic carbocycles. The third-order valence-electron chi connectivity index (χ3n) is 4.32. The van der Waals surface area contributed by atoms with Gasteiger partial charge in [-0.15, -0.1) is 0 Å². The molecule has 0 aromatic rings. The van der Waals surface area contributed by atoms with Crippen LogP contribution >= 0.6 is 0 Å². The van der Waals surface area contributed by atoms with Gasteiger partial charge in [0, 0.05) is 11.8 Å². The molecule has 0 bridgehead atoms. The van der Waals surface area contributed by atoms with Crippen molar-refractivity contribution in [1.82, 2.24) is 0 Å². The highest BCUT2D eigenvalue weighted by Gasteiger charge is 2.42. The molecule has 2 aliphatic rings. The summed E-state index contributed by atoms with van der Waals surface area (Å²) in [6.45, 7) is 4.07. The van der Waals surface area contributed by atoms with E-state index in [9.17, 15) is 9.90 Å². The van der Waals surface area contributed by atoms with Crippen LogP contribution in [0, 0.1) is 5.41 Å². The SMILES string of the molecule is CC1=C2CCCC[C@H](O)[C@@]2(C)CCC1=O. The molecule has 0 spiro atoms. The van der Waals surface area contributed by atoms with Crippen LogP contribution in [0.15, 0.2) is 11.1 Å². The third kappa shape index (κ3) is 1.65. The fourth-order valence-corrected chi connectivity index (χ4v) is 3.11. The molecule has 0 saturated heterocycles. The zero-order chi connectivity index (χ0) is 11.1. The summed E-state index contributed by atoms with van der Waals surface area (Å²) in [5.41, 5.74) is 2.06. The lowest BCUT2D eigenvalue weighted by atomic mass is 9.67. The quantitative estimate of drug-likeness (QED) is 0.664. The van der Waals surface area contributed by atoms with Crippen LogP contribution in [0.5, 0.6) is 0 Å². The standard InChI is InChI=1S/C13H20O2/c1-9-10-5-3-4-6-12(15)13(10,2)8-7-11(9)14/h12,15H,3-8H2,1-2H3/t12-,13-/m0/s1. The van der Waals surface area contributed by atoms with E-state index in [1.807, 2.05) is 6.92 Å². The highest BCUT2D eigenvalue weighted by Crippen LogP contribution is 2.47. The third-order valence-corrected chi connectivity index (χ3v) is 4.32. The number of aliphatic hydroxyl groups excluding tert-OH is 1. The van der Waals surface area contributed by atoms with Crippen molar-refractivity contribution >= 4 is 5.78 Å². The Labute approximate surface area is 91.4 Å². The molecule has 1 fully saturated rings. The van der Waals surface area contributed by atoms with Crippen molar-refractivity contribution in [2.45, 2.75) is 58.5 Å². The minimum Gasteiger partial charge on any atom is -0.392 e. The van der Waals surface area contributed by atoms with Gasteiger partial charge < -0.3 is 5.11 Å². The number of rotatable bonds is 0. The molecule has 2 heteroatoms. The van der Waals surface area contributed by atoms with Crippen LogP contribution < -0.4 is 0 Å². The molecule has 0 unspecified atom stereocenters. The van der Waals surface area contributed by atoms with Crippen LogP contribution in [0.4, 0.5) is 0 Å². The lowest BCUT2D eigenvalue weighted by Crippen LogP contribution is -2.37. The number of carbonyl (C=O) groups is 1. The minimum absolute atomic E-state index is 0.117. The summed E-state index contributed by atoms with van der Waals surface area (Å²) in [6.07, 6.45) is 5.29. The number of fused-ring (bicyclic) bond motifs is 1. The number of carbonyl (C=O) groups excluding carboxylic acids is 1. The first kappa shape index (κ1) is 10.9. The van der Waals surface area contributed by atoms with Gasteiger partial charge in [0.2, 0.25) is 0 Å². The van der Waals surface area contributed by atoms with E-state index in [1.54, 1.807) is 0 Å². The van der Waals surface area contributed by atoms with Crippen LogP contribution in [0.1, 0.15) is 52.4 Å². The minimum atomic E-state index is -0.252. The van der Waals surface area contributed by atoms with Crippen molar-refractivity contribution < 1.29 is 9.90 Å². The molecule has 2 atom stereocenters. The van der Waals surface area contributed by atoms with Gasteiger partial charge in [-0.2, -0.15) is 0 Å². The average molecular weight is 208 g/mol. The van der Waals surface area contributed by atoms with Gasteiger partial charge in [0.15, 0.2) is 5.78 Å². The molecule has 0 heterocycles. The molecule has 0 amide bonds. The van der Waals surface area contributed by atoms with Crippen LogP contribution in [-0.2, 0) is 4.79 Å². The van der Waals surface area contributed by atoms with Gasteiger partial charge >= 0.3 is 0 Å². The Hall–Kier alpha value is -0.630. The van der Waals surface area contributed by atoms with Gasteiger partial charge in [-0.3, -0.25) is 4.79 Å². The highest BCUT2D eigenvalue weighted by molar-refractivity contribution is 5.96. The zero-order valence-corrected chi connectivity index (χ0v) is 9.68. The van der Waals surface area contributed by atoms with Crippen LogP contribution in [0.3, 0.4) is 0 Å². The summed E-state index contributed by atoms with van der Waals surface area (Å²) >= 11 is 0. The normalized spacial score (nSPS) is 37.5. The first-order valence-electron chi connectivity index (χ1n) is 5.97. The van der Waals surface area contributed by atoms with Crippen LogP contribution in [0.25, 0.3) is 0 Å². The number of allylic oxidation sites excluding steroid dienone is 1. The Morgan fingerprint density at radius 3 is 2.80 bits per heavy atom. The van der Waals surface area contributed by atoms with Crippen molar-refractivity contribution in [1.29, 1.82) is 0 Å². The molecular formula is C13H20O2. The van der Waals surface area contributed by atoms with Gasteiger partial charge in [-0.05, 0) is 38.2 Å². The van der Waals surface area contributed by atoms with E-state index in [1.165, 1.54) is 5.57 Å². The van der Waals surface area contributed by atoms with Crippen molar-refractivity contribution in [3.8, 4) is 0 Å². The lowest BCUT2D eigenvalue weighted by molar-refractivity contribution is -0.117. The maximum atomic E-state index is 11.7. The maximum absolute atomic E-state index is 11.7. The summed E-state index contributed by atoms with van der Waals surface area (Å²) in [7, 11) is 0. The molecule has 1 N–H and O–H groups in total. The Morgan fingerprint density at radius 1 is 1.33 bits per heavy atom. The number of ketones is 1. The summed E-state index contributed by atoms with van der Waals surface area (Å²) in [5, 5.41) is 10.2. The van der Waals surface area contributed by atoms with E-state index in [2.05, 4.69) is 6.92 Å². The van der Waals surface area contributed by atoms with Crippen molar-refractivity contribution in [3.63, 3.8) is 0 Å². The first-order valence-corrected chi connectivity index (χ1v) is 5.97. The Balaban J connectivity index is 2.45. The van der Waals surface area contributed by atoms with Crippen LogP contribution in [0.2, 0.25) is 0 Å². The van der Waals surface area contributed by atoms with Gasteiger partial charge in [0.25, 0.3) is 0 Å². The molecule has 1 saturated carbocycles. The second-order valence-electron chi connectivity index (χ2n) is 5.21. The predicted molar refractivity (Wildman–Crippen MR) is 59.5 cm³/mol. The summed E-state index contributed by atoms with van der Waals surface area (Å²) in [5.74, 6) is 0.288. The molecule has 2 nitrogen and oxygen atoms in total. The fourth-order valence-electron chi connectivity index (χ4n) is 3.11. The predicted octanol–water partition coefficient (Wildman–Crippen LogP) is 2.61. The number of hydrogen-bond donors (Lipinski definition) is 1. The largest absolute Gasteiger partial charge is 0.392 e. The smallest absolute Gasteiger partial charge is 0.158 e. The maximum Gasteiger partial charge on any atom is 0.158 e. The monoisotopic (exact) mass is 208 g/mol. The highest BCUT2D eigenvalue weighted by atomic mass is 16.3. The van der Waals surface area contributed by atoms with Crippen molar-refractivity contribution in [3.05, 3.63) is 11.1 Å². The lowest BCUT2D eigenvalue weighted by Gasteiger charge is -2.39. The second kappa shape index (κ2) is 3.75. The van der Waals surface area contributed by atoms with E-state index < -0.39 is 0 Å². The molecule has 0 aliphatic heterocycles. The summed E-state index contributed by atoms with van der Waals surface area (Å²) in [4.78, 5) is 11.7. The molecule has 2 aliphatic carbocycles. The van der Waals surface area contributed by atoms with E-state index in [0.29, 0.717) is 6.42 Å². The number of aliphatic hydroxyl groups is 1. The fraction of sp³-hybridized carbons (Fsp3) is 0.769. The van der Waals surface area contributed by atoms with E-state index in [0.717, 1.165) is 37.7 Å². The second-order valence-corrected chi connectivity index (χ2v) is 5.21. The molecule has 2 rings (SSSR count). The molecule has 0 radical (unpaired) electrons. The zero-order valence-electron chi connectivity index (χ0n) is 9.68. The number of Topliss-reactive ketones (excluding diaryl/α,β-unsaturated/α-hetero) is 1. The summed E-state index contributed by atoms with van der Waals surface area (Å²) < 4.78 is 0. The Morgan fingerprint density at radius 2 is 2.07 bits per heavy atom. The van der Waals surface area contributed by atoms with E-state index in [4.69, 9.17) is 0 Å². The Bertz CT molecular complexity index is 316. The van der Waals surface area contributed by atoms with Gasteiger partial charge in [-0.1, -0.05) is 18.9 Å². The molecule has 84 valence electrons. The van der Waals surface area contributed by atoms with Gasteiger partial charge in [0.1, 0.15) is 0 Å². The van der Waals surface area contributed by atoms with Crippen molar-refractivity contribution in [2.24, 2.45) is 5.41 Å². The van der Waals surface area contributed by atoms with Gasteiger partial charge in [0.05, 0.1) is 6.10 Å². The number of hydrogen-bond acceptors (Lipinski definition) is 2.